The van der Waals surface area contributed by atoms with Crippen LogP contribution in [0, 0.1) is 10.1 Å². The molecule has 12 heavy (non-hydrogen) atoms. The Labute approximate surface area is 78.7 Å². The molecule has 0 amide bonds. The number of hydrogen-bond acceptors (Lipinski definition) is 4. The van der Waals surface area contributed by atoms with E-state index in [1.165, 1.54) is 0 Å². The Bertz CT molecular complexity index is 262. The van der Waals surface area contributed by atoms with Crippen LogP contribution in [-0.2, 0) is 0 Å². The average Bonchev–Trinajstić information content (AvgIpc) is 2.02. The van der Waals surface area contributed by atoms with E-state index in [0.717, 1.165) is 0 Å². The van der Waals surface area contributed by atoms with Crippen LogP contribution in [0.25, 0.3) is 0 Å². The van der Waals surface area contributed by atoms with Gasteiger partial charge in [-0.3, -0.25) is 0 Å². The van der Waals surface area contributed by atoms with Crippen molar-refractivity contribution in [2.45, 2.75) is 18.4 Å². The van der Waals surface area contributed by atoms with Gasteiger partial charge in [0.2, 0.25) is 4.57 Å². The van der Waals surface area contributed by atoms with Gasteiger partial charge in [-0.15, -0.1) is 0 Å². The smallest absolute Gasteiger partial charge is 0.339 e. The molecule has 1 heterocycles. The Balaban J connectivity index is 3.01. The second kappa shape index (κ2) is 2.62. The molecule has 1 aliphatic heterocycles. The third-order valence-corrected chi connectivity index (χ3v) is 2.60. The first-order chi connectivity index (χ1) is 5.36. The van der Waals surface area contributed by atoms with Gasteiger partial charge in [0.1, 0.15) is 5.70 Å². The molecule has 1 unspecified atom stereocenters. The number of nitrogens with zero attached hydrogens (tertiary/aromatic N) is 2. The Morgan fingerprint density at radius 3 is 2.42 bits per heavy atom. The fourth-order valence-electron chi connectivity index (χ4n) is 1.19. The number of hydrogen-bond donors (Lipinski definition) is 1. The van der Waals surface area contributed by atoms with E-state index in [1.54, 1.807) is 18.9 Å². The van der Waals surface area contributed by atoms with Crippen molar-refractivity contribution in [3.05, 3.63) is 21.6 Å². The summed E-state index contributed by atoms with van der Waals surface area (Å²) in [6.45, 7) is 3.49. The lowest BCUT2D eigenvalue weighted by atomic mass is 10.5. The first-order valence-corrected chi connectivity index (χ1v) is 4.22. The highest BCUT2D eigenvalue weighted by atomic mass is 79.9. The minimum atomic E-state index is -0.542. The molecule has 0 aliphatic carbocycles. The van der Waals surface area contributed by atoms with Crippen LogP contribution in [0.3, 0.4) is 0 Å². The second-order valence-corrected chi connectivity index (χ2v) is 4.39. The molecule has 6 heteroatoms. The van der Waals surface area contributed by atoms with E-state index in [1.807, 2.05) is 6.92 Å². The van der Waals surface area contributed by atoms with Crippen molar-refractivity contribution in [1.29, 1.82) is 0 Å². The predicted octanol–water partition coefficient (Wildman–Crippen LogP) is 1.06. The van der Waals surface area contributed by atoms with E-state index < -0.39 is 9.50 Å². The standard InChI is InChI=1S/C6H10BrN3O2/c1-4-5(10(11)12)9(3)6(2,7)8-4/h8H,1-3H3. The average molecular weight is 236 g/mol. The summed E-state index contributed by atoms with van der Waals surface area (Å²) in [6.07, 6.45) is 0. The summed E-state index contributed by atoms with van der Waals surface area (Å²) >= 11 is 3.33. The van der Waals surface area contributed by atoms with Crippen LogP contribution in [0.4, 0.5) is 0 Å². The molecule has 0 saturated carbocycles. The molecule has 1 N–H and O–H groups in total. The van der Waals surface area contributed by atoms with Gasteiger partial charge >= 0.3 is 5.82 Å². The van der Waals surface area contributed by atoms with Crippen molar-refractivity contribution in [2.24, 2.45) is 0 Å². The van der Waals surface area contributed by atoms with Crippen LogP contribution >= 0.6 is 15.9 Å². The molecular formula is C6H10BrN3O2. The lowest BCUT2D eigenvalue weighted by molar-refractivity contribution is -0.445. The van der Waals surface area contributed by atoms with E-state index in [2.05, 4.69) is 21.2 Å². The summed E-state index contributed by atoms with van der Waals surface area (Å²) in [5, 5.41) is 13.5. The molecule has 0 spiro atoms. The first-order valence-electron chi connectivity index (χ1n) is 3.42. The fraction of sp³-hybridized carbons (Fsp3) is 0.667. The van der Waals surface area contributed by atoms with E-state index in [0.29, 0.717) is 5.70 Å². The maximum atomic E-state index is 10.6. The van der Waals surface area contributed by atoms with Crippen LogP contribution in [0.2, 0.25) is 0 Å². The first kappa shape index (κ1) is 9.31. The molecule has 0 saturated heterocycles. The van der Waals surface area contributed by atoms with Gasteiger partial charge in [-0.25, -0.2) is 4.90 Å². The molecule has 5 nitrogen and oxygen atoms in total. The molecule has 0 fully saturated rings. The van der Waals surface area contributed by atoms with Gasteiger partial charge in [0.25, 0.3) is 0 Å². The van der Waals surface area contributed by atoms with Crippen LogP contribution in [0.15, 0.2) is 11.5 Å². The number of allylic oxidation sites excluding steroid dienone is 1. The Kier molecular flexibility index (Phi) is 2.03. The van der Waals surface area contributed by atoms with Crippen molar-refractivity contribution < 1.29 is 4.92 Å². The number of alkyl halides is 1. The number of nitro groups is 1. The summed E-state index contributed by atoms with van der Waals surface area (Å²) in [7, 11) is 1.66. The Morgan fingerprint density at radius 1 is 1.75 bits per heavy atom. The minimum absolute atomic E-state index is 0.106. The molecule has 1 aliphatic rings. The second-order valence-electron chi connectivity index (χ2n) is 2.84. The van der Waals surface area contributed by atoms with E-state index in [9.17, 15) is 10.1 Å². The highest BCUT2D eigenvalue weighted by molar-refractivity contribution is 9.10. The zero-order valence-electron chi connectivity index (χ0n) is 7.09. The third-order valence-electron chi connectivity index (χ3n) is 1.87. The van der Waals surface area contributed by atoms with Gasteiger partial charge in [0, 0.05) is 6.92 Å². The SMILES string of the molecule is CC1=C([N+](=O)[O-])N(C)C(C)(Br)N1. The van der Waals surface area contributed by atoms with Gasteiger partial charge in [-0.2, -0.15) is 0 Å². The molecule has 0 aromatic carbocycles. The molecule has 0 radical (unpaired) electrons. The van der Waals surface area contributed by atoms with E-state index in [-0.39, 0.29) is 5.82 Å². The molecule has 0 aromatic rings. The van der Waals surface area contributed by atoms with E-state index in [4.69, 9.17) is 0 Å². The van der Waals surface area contributed by atoms with E-state index >= 15 is 0 Å². The van der Waals surface area contributed by atoms with Crippen LogP contribution in [0.1, 0.15) is 13.8 Å². The predicted molar refractivity (Wildman–Crippen MR) is 47.9 cm³/mol. The van der Waals surface area contributed by atoms with Gasteiger partial charge in [-0.05, 0) is 27.8 Å². The van der Waals surface area contributed by atoms with Crippen molar-refractivity contribution in [3.8, 4) is 0 Å². The van der Waals surface area contributed by atoms with Crippen molar-refractivity contribution in [1.82, 2.24) is 10.2 Å². The van der Waals surface area contributed by atoms with Gasteiger partial charge < -0.3 is 15.4 Å². The molecule has 1 atom stereocenters. The molecule has 68 valence electrons. The quantitative estimate of drug-likeness (QED) is 0.320. The molecule has 1 rings (SSSR count). The lowest BCUT2D eigenvalue weighted by Gasteiger charge is -2.22. The van der Waals surface area contributed by atoms with Gasteiger partial charge in [0.15, 0.2) is 0 Å². The Hall–Kier alpha value is -0.780. The molecule has 0 aromatic heterocycles. The normalized spacial score (nSPS) is 29.2. The van der Waals surface area contributed by atoms with Gasteiger partial charge in [-0.1, -0.05) is 0 Å². The third kappa shape index (κ3) is 1.26. The fourth-order valence-corrected chi connectivity index (χ4v) is 1.66. The number of rotatable bonds is 1. The summed E-state index contributed by atoms with van der Waals surface area (Å²) in [5.41, 5.74) is 0.571. The zero-order valence-corrected chi connectivity index (χ0v) is 8.67. The number of halogens is 1. The highest BCUT2D eigenvalue weighted by Gasteiger charge is 2.43. The van der Waals surface area contributed by atoms with Crippen molar-refractivity contribution >= 4 is 15.9 Å². The maximum Gasteiger partial charge on any atom is 0.339 e. The molecular weight excluding hydrogens is 226 g/mol. The van der Waals surface area contributed by atoms with Crippen LogP contribution in [0.5, 0.6) is 0 Å². The summed E-state index contributed by atoms with van der Waals surface area (Å²) in [5.74, 6) is 0.106. The number of nitrogens with one attached hydrogen (secondary N) is 1. The largest absolute Gasteiger partial charge is 0.358 e. The Morgan fingerprint density at radius 2 is 2.25 bits per heavy atom. The van der Waals surface area contributed by atoms with Crippen molar-refractivity contribution in [2.75, 3.05) is 7.05 Å². The summed E-state index contributed by atoms with van der Waals surface area (Å²) < 4.78 is -0.542. The molecule has 0 bridgehead atoms. The monoisotopic (exact) mass is 235 g/mol. The lowest BCUT2D eigenvalue weighted by Crippen LogP contribution is -2.42. The van der Waals surface area contributed by atoms with Crippen LogP contribution in [-0.4, -0.2) is 21.4 Å². The maximum absolute atomic E-state index is 10.6. The highest BCUT2D eigenvalue weighted by Crippen LogP contribution is 2.30. The summed E-state index contributed by atoms with van der Waals surface area (Å²) in [6, 6.07) is 0. The minimum Gasteiger partial charge on any atom is -0.358 e. The van der Waals surface area contributed by atoms with Gasteiger partial charge in [0.05, 0.1) is 7.05 Å². The van der Waals surface area contributed by atoms with Crippen LogP contribution < -0.4 is 5.32 Å². The summed E-state index contributed by atoms with van der Waals surface area (Å²) in [4.78, 5) is 11.7. The van der Waals surface area contributed by atoms with Crippen molar-refractivity contribution in [3.63, 3.8) is 0 Å². The zero-order chi connectivity index (χ0) is 9.52. The topological polar surface area (TPSA) is 58.4 Å².